The quantitative estimate of drug-likeness (QED) is 0.166. The van der Waals surface area contributed by atoms with Crippen molar-refractivity contribution in [2.45, 2.75) is 25.2 Å². The molecule has 1 aliphatic rings. The Labute approximate surface area is 334 Å². The molecule has 0 aliphatic heterocycles. The van der Waals surface area contributed by atoms with Gasteiger partial charge in [0.05, 0.1) is 16.7 Å². The Hall–Kier alpha value is -6.96. The maximum Gasteiger partial charge on any atom is 0.0541 e. The van der Waals surface area contributed by atoms with Crippen molar-refractivity contribution in [3.63, 3.8) is 0 Å². The second-order valence-corrected chi connectivity index (χ2v) is 15.7. The Morgan fingerprint density at radius 3 is 1.88 bits per heavy atom. The number of fused-ring (bicyclic) bond motifs is 7. The molecular formula is C56H41N. The summed E-state index contributed by atoms with van der Waals surface area (Å²) in [6.45, 7) is 2.44. The Kier molecular flexibility index (Phi) is 8.00. The van der Waals surface area contributed by atoms with E-state index in [-0.39, 0.29) is 0 Å². The van der Waals surface area contributed by atoms with Gasteiger partial charge in [0.1, 0.15) is 0 Å². The third-order valence-corrected chi connectivity index (χ3v) is 12.5. The minimum Gasteiger partial charge on any atom is -0.309 e. The summed E-state index contributed by atoms with van der Waals surface area (Å²) in [6.07, 6.45) is 0.997. The van der Waals surface area contributed by atoms with E-state index >= 15 is 0 Å². The SMILES string of the molecule is CC1c2ccc(-c3ccc4c(c3)c3ccccc3n4-c3cccc4ccccc34)cc2-c2ccccc2CC1c1cccc(-c2ccc(-c3ccccc3)cc2)c1. The van der Waals surface area contributed by atoms with Gasteiger partial charge in [-0.1, -0.05) is 183 Å². The lowest BCUT2D eigenvalue weighted by atomic mass is 9.79. The summed E-state index contributed by atoms with van der Waals surface area (Å²) in [5, 5.41) is 5.05. The van der Waals surface area contributed by atoms with Gasteiger partial charge in [-0.15, -0.1) is 0 Å². The molecule has 1 aromatic heterocycles. The topological polar surface area (TPSA) is 4.93 Å². The first kappa shape index (κ1) is 33.4. The highest BCUT2D eigenvalue weighted by Gasteiger charge is 2.29. The van der Waals surface area contributed by atoms with Crippen LogP contribution in [0.25, 0.3) is 82.8 Å². The zero-order valence-corrected chi connectivity index (χ0v) is 31.9. The van der Waals surface area contributed by atoms with Crippen LogP contribution in [0.4, 0.5) is 0 Å². The van der Waals surface area contributed by atoms with Crippen molar-refractivity contribution >= 4 is 32.6 Å². The standard InChI is InChI=1S/C56H41N/c1-37-47-31-29-43(44-30-32-56-53(35-44)50-22-9-10-23-55(50)57(56)54-24-12-17-41-15-5-8-21-49(41)54)34-52(47)48-20-7-6-16-46(48)36-51(37)45-19-11-18-42(33-45)40-27-25-39(26-28-40)38-13-3-2-4-14-38/h2-35,37,51H,36H2,1H3. The maximum atomic E-state index is 2.46. The van der Waals surface area contributed by atoms with Gasteiger partial charge in [0.2, 0.25) is 0 Å². The van der Waals surface area contributed by atoms with Gasteiger partial charge in [-0.3, -0.25) is 0 Å². The molecule has 0 saturated heterocycles. The third kappa shape index (κ3) is 5.69. The summed E-state index contributed by atoms with van der Waals surface area (Å²) < 4.78 is 2.45. The number of aromatic nitrogens is 1. The van der Waals surface area contributed by atoms with Crippen molar-refractivity contribution in [1.29, 1.82) is 0 Å². The predicted octanol–water partition coefficient (Wildman–Crippen LogP) is 15.0. The van der Waals surface area contributed by atoms with Crippen LogP contribution in [0, 0.1) is 0 Å². The zero-order valence-electron chi connectivity index (χ0n) is 31.9. The lowest BCUT2D eigenvalue weighted by Crippen LogP contribution is -2.10. The van der Waals surface area contributed by atoms with Gasteiger partial charge in [-0.25, -0.2) is 0 Å². The van der Waals surface area contributed by atoms with Gasteiger partial charge in [-0.05, 0) is 115 Å². The van der Waals surface area contributed by atoms with Gasteiger partial charge in [0.15, 0.2) is 0 Å². The average Bonchev–Trinajstić information content (AvgIpc) is 3.55. The van der Waals surface area contributed by atoms with Crippen molar-refractivity contribution < 1.29 is 0 Å². The van der Waals surface area contributed by atoms with Crippen LogP contribution in [-0.2, 0) is 6.42 Å². The molecule has 0 saturated carbocycles. The molecule has 1 heterocycles. The van der Waals surface area contributed by atoms with E-state index in [1.165, 1.54) is 99.5 Å². The minimum atomic E-state index is 0.332. The number of hydrogen-bond acceptors (Lipinski definition) is 0. The highest BCUT2D eigenvalue weighted by Crippen LogP contribution is 2.47. The first-order valence-electron chi connectivity index (χ1n) is 20.2. The first-order chi connectivity index (χ1) is 28.2. The van der Waals surface area contributed by atoms with Crippen molar-refractivity contribution in [2.75, 3.05) is 0 Å². The summed E-state index contributed by atoms with van der Waals surface area (Å²) in [5.41, 5.74) is 18.1. The van der Waals surface area contributed by atoms with Crippen LogP contribution < -0.4 is 0 Å². The molecule has 0 N–H and O–H groups in total. The predicted molar refractivity (Wildman–Crippen MR) is 241 cm³/mol. The van der Waals surface area contributed by atoms with Crippen LogP contribution >= 0.6 is 0 Å². The van der Waals surface area contributed by atoms with Gasteiger partial charge in [0.25, 0.3) is 0 Å². The summed E-state index contributed by atoms with van der Waals surface area (Å²) in [5.74, 6) is 0.677. The molecule has 11 rings (SSSR count). The molecule has 0 radical (unpaired) electrons. The molecule has 1 heteroatoms. The largest absolute Gasteiger partial charge is 0.309 e. The molecule has 2 unspecified atom stereocenters. The van der Waals surface area contributed by atoms with Gasteiger partial charge in [-0.2, -0.15) is 0 Å². The Morgan fingerprint density at radius 2 is 1.00 bits per heavy atom. The second-order valence-electron chi connectivity index (χ2n) is 15.7. The normalized spacial score (nSPS) is 15.0. The monoisotopic (exact) mass is 727 g/mol. The van der Waals surface area contributed by atoms with E-state index in [1.54, 1.807) is 0 Å². The molecule has 1 aliphatic carbocycles. The van der Waals surface area contributed by atoms with Crippen molar-refractivity contribution in [3.05, 3.63) is 223 Å². The molecule has 270 valence electrons. The molecular weight excluding hydrogens is 687 g/mol. The van der Waals surface area contributed by atoms with Crippen LogP contribution in [0.2, 0.25) is 0 Å². The van der Waals surface area contributed by atoms with E-state index in [0.29, 0.717) is 11.8 Å². The Bertz CT molecular complexity index is 3110. The molecule has 1 nitrogen and oxygen atoms in total. The molecule has 0 fully saturated rings. The number of nitrogens with zero attached hydrogens (tertiary/aromatic N) is 1. The van der Waals surface area contributed by atoms with Crippen LogP contribution in [-0.4, -0.2) is 4.57 Å². The molecule has 10 aromatic rings. The molecule has 9 aromatic carbocycles. The van der Waals surface area contributed by atoms with E-state index in [0.717, 1.165) is 6.42 Å². The molecule has 0 amide bonds. The van der Waals surface area contributed by atoms with Crippen LogP contribution in [0.1, 0.15) is 35.4 Å². The van der Waals surface area contributed by atoms with Crippen molar-refractivity contribution in [3.8, 4) is 50.2 Å². The van der Waals surface area contributed by atoms with E-state index in [2.05, 4.69) is 218 Å². The first-order valence-corrected chi connectivity index (χ1v) is 20.2. The second kappa shape index (κ2) is 13.7. The fraction of sp³-hybridized carbons (Fsp3) is 0.0714. The zero-order chi connectivity index (χ0) is 37.9. The lowest BCUT2D eigenvalue weighted by Gasteiger charge is -2.25. The van der Waals surface area contributed by atoms with Crippen LogP contribution in [0.5, 0.6) is 0 Å². The summed E-state index contributed by atoms with van der Waals surface area (Å²) in [4.78, 5) is 0. The fourth-order valence-corrected chi connectivity index (χ4v) is 9.61. The minimum absolute atomic E-state index is 0.332. The van der Waals surface area contributed by atoms with Gasteiger partial charge in [0, 0.05) is 16.2 Å². The number of benzene rings is 9. The summed E-state index contributed by atoms with van der Waals surface area (Å²) in [7, 11) is 0. The van der Waals surface area contributed by atoms with Crippen molar-refractivity contribution in [1.82, 2.24) is 4.57 Å². The number of para-hydroxylation sites is 1. The Balaban J connectivity index is 0.985. The van der Waals surface area contributed by atoms with E-state index in [1.807, 2.05) is 0 Å². The van der Waals surface area contributed by atoms with E-state index in [9.17, 15) is 0 Å². The molecule has 0 spiro atoms. The van der Waals surface area contributed by atoms with E-state index in [4.69, 9.17) is 0 Å². The summed E-state index contributed by atoms with van der Waals surface area (Å²) in [6, 6.07) is 76.5. The van der Waals surface area contributed by atoms with Gasteiger partial charge < -0.3 is 4.57 Å². The highest BCUT2D eigenvalue weighted by molar-refractivity contribution is 6.11. The number of rotatable bonds is 5. The Morgan fingerprint density at radius 1 is 0.404 bits per heavy atom. The maximum absolute atomic E-state index is 2.46. The molecule has 0 bridgehead atoms. The van der Waals surface area contributed by atoms with Crippen molar-refractivity contribution in [2.24, 2.45) is 0 Å². The van der Waals surface area contributed by atoms with E-state index < -0.39 is 0 Å². The molecule has 2 atom stereocenters. The smallest absolute Gasteiger partial charge is 0.0541 e. The lowest BCUT2D eigenvalue weighted by molar-refractivity contribution is 0.579. The summed E-state index contributed by atoms with van der Waals surface area (Å²) >= 11 is 0. The fourth-order valence-electron chi connectivity index (χ4n) is 9.61. The number of hydrogen-bond donors (Lipinski definition) is 0. The third-order valence-electron chi connectivity index (χ3n) is 12.5. The van der Waals surface area contributed by atoms with Gasteiger partial charge >= 0.3 is 0 Å². The van der Waals surface area contributed by atoms with Crippen LogP contribution in [0.15, 0.2) is 206 Å². The van der Waals surface area contributed by atoms with Crippen LogP contribution in [0.3, 0.4) is 0 Å². The highest BCUT2D eigenvalue weighted by atomic mass is 15.0. The average molecular weight is 728 g/mol. The molecule has 57 heavy (non-hydrogen) atoms.